The van der Waals surface area contributed by atoms with Crippen molar-refractivity contribution in [2.45, 2.75) is 45.2 Å². The standard InChI is InChI=1S/C26H28N2O7S/c1-15(24(29)30)26(4,36)35-25(31)21-16(2)27-17(3)23(28(32)33)22(21)19-12-8-9-13-20(19)34-14-18-10-6-5-7-11-18/h5-13,15,22,27,36H,14H2,1-4H3,(H,29,30). The molecule has 3 unspecified atom stereocenters. The average Bonchev–Trinajstić information content (AvgIpc) is 2.81. The number of rotatable bonds is 9. The summed E-state index contributed by atoms with van der Waals surface area (Å²) in [7, 11) is 0. The van der Waals surface area contributed by atoms with Gasteiger partial charge >= 0.3 is 11.9 Å². The number of carboxylic acid groups (broad SMARTS) is 1. The molecule has 0 aliphatic carbocycles. The van der Waals surface area contributed by atoms with Crippen LogP contribution >= 0.6 is 12.6 Å². The van der Waals surface area contributed by atoms with E-state index in [-0.39, 0.29) is 23.6 Å². The van der Waals surface area contributed by atoms with Gasteiger partial charge in [-0.2, -0.15) is 0 Å². The van der Waals surface area contributed by atoms with Crippen LogP contribution in [0.2, 0.25) is 0 Å². The molecule has 36 heavy (non-hydrogen) atoms. The van der Waals surface area contributed by atoms with Crippen molar-refractivity contribution in [2.24, 2.45) is 5.92 Å². The highest BCUT2D eigenvalue weighted by molar-refractivity contribution is 7.81. The van der Waals surface area contributed by atoms with Crippen molar-refractivity contribution in [1.29, 1.82) is 0 Å². The van der Waals surface area contributed by atoms with Crippen LogP contribution in [0.5, 0.6) is 5.75 Å². The van der Waals surface area contributed by atoms with Gasteiger partial charge in [0.05, 0.1) is 16.2 Å². The number of esters is 1. The fourth-order valence-corrected chi connectivity index (χ4v) is 4.14. The maximum atomic E-state index is 13.5. The summed E-state index contributed by atoms with van der Waals surface area (Å²) < 4.78 is 11.6. The van der Waals surface area contributed by atoms with E-state index in [1.54, 1.807) is 38.1 Å². The molecule has 0 spiro atoms. The van der Waals surface area contributed by atoms with Crippen molar-refractivity contribution >= 4 is 24.6 Å². The topological polar surface area (TPSA) is 128 Å². The molecule has 1 aliphatic rings. The summed E-state index contributed by atoms with van der Waals surface area (Å²) in [5, 5.41) is 24.5. The van der Waals surface area contributed by atoms with Gasteiger partial charge in [0.15, 0.2) is 4.93 Å². The Kier molecular flexibility index (Phi) is 8.09. The summed E-state index contributed by atoms with van der Waals surface area (Å²) in [5.74, 6) is -4.03. The molecule has 2 aromatic rings. The minimum absolute atomic E-state index is 0.0269. The normalized spacial score (nSPS) is 18.1. The highest BCUT2D eigenvalue weighted by atomic mass is 32.1. The van der Waals surface area contributed by atoms with E-state index in [2.05, 4.69) is 17.9 Å². The SMILES string of the molecule is CC1=C(C(=O)OC(C)(S)C(C)C(=O)O)C(c2ccccc2OCc2ccccc2)C([N+](=O)[O-])=C(C)N1. The summed E-state index contributed by atoms with van der Waals surface area (Å²) >= 11 is 4.26. The number of nitrogens with zero attached hydrogens (tertiary/aromatic N) is 1. The monoisotopic (exact) mass is 512 g/mol. The maximum Gasteiger partial charge on any atom is 0.338 e. The number of hydrogen-bond acceptors (Lipinski definition) is 8. The Morgan fingerprint density at radius 2 is 1.75 bits per heavy atom. The smallest absolute Gasteiger partial charge is 0.338 e. The zero-order valence-electron chi connectivity index (χ0n) is 20.3. The van der Waals surface area contributed by atoms with Crippen molar-refractivity contribution in [3.8, 4) is 5.75 Å². The molecule has 3 atom stereocenters. The lowest BCUT2D eigenvalue weighted by Gasteiger charge is -2.32. The number of carbonyl (C=O) groups is 2. The predicted molar refractivity (Wildman–Crippen MR) is 136 cm³/mol. The second-order valence-electron chi connectivity index (χ2n) is 8.68. The van der Waals surface area contributed by atoms with Gasteiger partial charge in [0.25, 0.3) is 5.70 Å². The number of aliphatic carboxylic acids is 1. The average molecular weight is 513 g/mol. The van der Waals surface area contributed by atoms with E-state index < -0.39 is 33.6 Å². The second-order valence-corrected chi connectivity index (χ2v) is 9.57. The number of carbonyl (C=O) groups excluding carboxylic acids is 1. The summed E-state index contributed by atoms with van der Waals surface area (Å²) in [6.45, 7) is 6.10. The number of thiol groups is 1. The third-order valence-electron chi connectivity index (χ3n) is 6.08. The first kappa shape index (κ1) is 26.8. The molecule has 0 bridgehead atoms. The molecule has 0 saturated heterocycles. The summed E-state index contributed by atoms with van der Waals surface area (Å²) in [4.78, 5) is 34.9. The highest BCUT2D eigenvalue weighted by Crippen LogP contribution is 2.43. The van der Waals surface area contributed by atoms with Crippen molar-refractivity contribution in [3.05, 3.63) is 98.5 Å². The first-order valence-electron chi connectivity index (χ1n) is 11.2. The van der Waals surface area contributed by atoms with Gasteiger partial charge in [0, 0.05) is 11.3 Å². The molecule has 190 valence electrons. The molecule has 0 amide bonds. The fourth-order valence-electron chi connectivity index (χ4n) is 3.94. The number of hydrogen-bond donors (Lipinski definition) is 3. The molecule has 3 rings (SSSR count). The number of carboxylic acids is 1. The van der Waals surface area contributed by atoms with Crippen LogP contribution in [0.1, 0.15) is 44.7 Å². The van der Waals surface area contributed by atoms with E-state index in [0.717, 1.165) is 5.56 Å². The number of para-hydroxylation sites is 1. The second kappa shape index (κ2) is 10.9. The molecule has 9 nitrogen and oxygen atoms in total. The Labute approximate surface area is 214 Å². The predicted octanol–water partition coefficient (Wildman–Crippen LogP) is 4.64. The maximum absolute atomic E-state index is 13.5. The van der Waals surface area contributed by atoms with Crippen molar-refractivity contribution < 1.29 is 29.1 Å². The highest BCUT2D eigenvalue weighted by Gasteiger charge is 2.45. The van der Waals surface area contributed by atoms with Crippen LogP contribution in [0.15, 0.2) is 77.3 Å². The zero-order chi connectivity index (χ0) is 26.6. The number of nitro groups is 1. The van der Waals surface area contributed by atoms with E-state index in [4.69, 9.17) is 9.47 Å². The molecule has 0 radical (unpaired) electrons. The molecular formula is C26H28N2O7S. The molecule has 1 aliphatic heterocycles. The van der Waals surface area contributed by atoms with E-state index in [0.29, 0.717) is 17.0 Å². The third kappa shape index (κ3) is 5.71. The summed E-state index contributed by atoms with van der Waals surface area (Å²) in [5.41, 5.74) is 1.65. The molecule has 2 N–H and O–H groups in total. The molecule has 0 saturated carbocycles. The summed E-state index contributed by atoms with van der Waals surface area (Å²) in [6, 6.07) is 16.2. The largest absolute Gasteiger partial charge is 0.489 e. The van der Waals surface area contributed by atoms with Gasteiger partial charge in [-0.1, -0.05) is 48.5 Å². The Morgan fingerprint density at radius 1 is 1.14 bits per heavy atom. The van der Waals surface area contributed by atoms with Gasteiger partial charge in [-0.05, 0) is 39.3 Å². The van der Waals surface area contributed by atoms with E-state index in [1.807, 2.05) is 30.3 Å². The minimum atomic E-state index is -1.67. The number of nitrogens with one attached hydrogen (secondary N) is 1. The Morgan fingerprint density at radius 3 is 2.36 bits per heavy atom. The van der Waals surface area contributed by atoms with Crippen LogP contribution in [0.3, 0.4) is 0 Å². The molecular weight excluding hydrogens is 484 g/mol. The Bertz CT molecular complexity index is 1240. The van der Waals surface area contributed by atoms with Crippen LogP contribution in [0, 0.1) is 16.0 Å². The lowest BCUT2D eigenvalue weighted by atomic mass is 9.83. The van der Waals surface area contributed by atoms with Crippen LogP contribution in [-0.2, 0) is 20.9 Å². The minimum Gasteiger partial charge on any atom is -0.489 e. The van der Waals surface area contributed by atoms with E-state index in [9.17, 15) is 24.8 Å². The molecule has 10 heteroatoms. The first-order chi connectivity index (χ1) is 16.9. The van der Waals surface area contributed by atoms with Crippen molar-refractivity contribution in [3.63, 3.8) is 0 Å². The first-order valence-corrected chi connectivity index (χ1v) is 11.7. The number of allylic oxidation sites excluding steroid dienone is 3. The van der Waals surface area contributed by atoms with Crippen LogP contribution in [-0.4, -0.2) is 26.9 Å². The lowest BCUT2D eigenvalue weighted by molar-refractivity contribution is -0.431. The summed E-state index contributed by atoms with van der Waals surface area (Å²) in [6.07, 6.45) is 0. The lowest BCUT2D eigenvalue weighted by Crippen LogP contribution is -2.40. The van der Waals surface area contributed by atoms with Gasteiger partial charge in [0.2, 0.25) is 0 Å². The van der Waals surface area contributed by atoms with Crippen molar-refractivity contribution in [2.75, 3.05) is 0 Å². The third-order valence-corrected chi connectivity index (χ3v) is 6.56. The van der Waals surface area contributed by atoms with Crippen LogP contribution in [0.25, 0.3) is 0 Å². The number of benzene rings is 2. The van der Waals surface area contributed by atoms with Gasteiger partial charge in [-0.25, -0.2) is 4.79 Å². The Hall–Kier alpha value is -3.79. The van der Waals surface area contributed by atoms with Crippen molar-refractivity contribution in [1.82, 2.24) is 5.32 Å². The Balaban J connectivity index is 2.07. The van der Waals surface area contributed by atoms with E-state index in [1.165, 1.54) is 13.8 Å². The molecule has 2 aromatic carbocycles. The molecule has 1 heterocycles. The van der Waals surface area contributed by atoms with Gasteiger partial charge in [-0.3, -0.25) is 14.9 Å². The zero-order valence-corrected chi connectivity index (χ0v) is 21.2. The quantitative estimate of drug-likeness (QED) is 0.146. The van der Waals surface area contributed by atoms with E-state index >= 15 is 0 Å². The molecule has 0 aromatic heterocycles. The van der Waals surface area contributed by atoms with Gasteiger partial charge in [0.1, 0.15) is 24.2 Å². The number of dihydropyridines is 1. The molecule has 0 fully saturated rings. The van der Waals surface area contributed by atoms with Gasteiger partial charge in [-0.15, -0.1) is 12.6 Å². The van der Waals surface area contributed by atoms with Crippen LogP contribution < -0.4 is 10.1 Å². The fraction of sp³-hybridized carbons (Fsp3) is 0.308. The van der Waals surface area contributed by atoms with Crippen LogP contribution in [0.4, 0.5) is 0 Å². The van der Waals surface area contributed by atoms with Gasteiger partial charge < -0.3 is 19.9 Å². The number of ether oxygens (including phenoxy) is 2.